The second-order valence-electron chi connectivity index (χ2n) is 3.91. The van der Waals surface area contributed by atoms with Gasteiger partial charge in [0.25, 0.3) is 10.1 Å². The van der Waals surface area contributed by atoms with Crippen LogP contribution in [0.15, 0.2) is 0 Å². The van der Waals surface area contributed by atoms with E-state index in [4.69, 9.17) is 9.66 Å². The van der Waals surface area contributed by atoms with Gasteiger partial charge >= 0.3 is 0 Å². The molecule has 0 fully saturated rings. The van der Waals surface area contributed by atoms with Crippen molar-refractivity contribution in [3.63, 3.8) is 0 Å². The molecule has 8 nitrogen and oxygen atoms in total. The zero-order chi connectivity index (χ0) is 14.2. The zero-order valence-corrected chi connectivity index (χ0v) is 11.1. The average molecular weight is 284 g/mol. The molecule has 9 heteroatoms. The highest BCUT2D eigenvalue weighted by Crippen LogP contribution is 1.96. The zero-order valence-electron chi connectivity index (χ0n) is 10.2. The topological polar surface area (TPSA) is 127 Å². The maximum Gasteiger partial charge on any atom is 0.267 e. The quantitative estimate of drug-likeness (QED) is 0.350. The number of amides is 1. The minimum Gasteiger partial charge on any atom is -0.395 e. The molecule has 0 bridgehead atoms. The summed E-state index contributed by atoms with van der Waals surface area (Å²) in [5.41, 5.74) is 0. The molecule has 0 aliphatic rings. The van der Waals surface area contributed by atoms with E-state index in [1.54, 1.807) is 4.90 Å². The van der Waals surface area contributed by atoms with E-state index < -0.39 is 22.0 Å². The normalized spacial score (nSPS) is 13.6. The molecule has 1 amide bonds. The maximum atomic E-state index is 10.7. The van der Waals surface area contributed by atoms with Crippen molar-refractivity contribution in [1.29, 1.82) is 0 Å². The number of rotatable bonds is 9. The fourth-order valence-electron chi connectivity index (χ4n) is 1.42. The Bertz CT molecular complexity index is 345. The first-order chi connectivity index (χ1) is 8.24. The molecule has 0 aromatic heterocycles. The van der Waals surface area contributed by atoms with Crippen LogP contribution in [0, 0.1) is 0 Å². The van der Waals surface area contributed by atoms with Crippen molar-refractivity contribution in [3.8, 4) is 0 Å². The van der Waals surface area contributed by atoms with Gasteiger partial charge in [-0.1, -0.05) is 0 Å². The predicted molar refractivity (Wildman–Crippen MR) is 64.6 cm³/mol. The average Bonchev–Trinajstić information content (AvgIpc) is 2.13. The lowest BCUT2D eigenvalue weighted by atomic mass is 10.3. The molecule has 1 unspecified atom stereocenters. The van der Waals surface area contributed by atoms with Crippen LogP contribution in [-0.4, -0.2) is 78.6 Å². The first-order valence-corrected chi connectivity index (χ1v) is 7.06. The van der Waals surface area contributed by atoms with Crippen molar-refractivity contribution in [2.75, 3.05) is 38.5 Å². The van der Waals surface area contributed by atoms with Crippen molar-refractivity contribution in [2.24, 2.45) is 0 Å². The molecule has 18 heavy (non-hydrogen) atoms. The molecule has 0 aromatic carbocycles. The van der Waals surface area contributed by atoms with Gasteiger partial charge < -0.3 is 15.5 Å². The van der Waals surface area contributed by atoms with Gasteiger partial charge in [-0.25, -0.2) is 0 Å². The molecule has 4 N–H and O–H groups in total. The number of carbonyl (C=O) groups excluding carboxylic acids is 1. The molecule has 0 spiro atoms. The number of hydrogen-bond acceptors (Lipinski definition) is 6. The van der Waals surface area contributed by atoms with Gasteiger partial charge in [0.15, 0.2) is 0 Å². The molecule has 0 aliphatic carbocycles. The molecule has 0 aromatic rings. The monoisotopic (exact) mass is 284 g/mol. The molecule has 0 rings (SSSR count). The fourth-order valence-corrected chi connectivity index (χ4v) is 2.01. The van der Waals surface area contributed by atoms with E-state index in [1.807, 2.05) is 0 Å². The molecular formula is C9H20N2O6S. The molecule has 108 valence electrons. The smallest absolute Gasteiger partial charge is 0.267 e. The second kappa shape index (κ2) is 8.38. The minimum atomic E-state index is -4.23. The fraction of sp³-hybridized carbons (Fsp3) is 0.889. The van der Waals surface area contributed by atoms with E-state index in [0.29, 0.717) is 13.1 Å². The van der Waals surface area contributed by atoms with Crippen LogP contribution in [-0.2, 0) is 14.9 Å². The summed E-state index contributed by atoms with van der Waals surface area (Å²) in [7, 11) is -4.23. The molecule has 0 radical (unpaired) electrons. The molecule has 0 saturated carbocycles. The van der Waals surface area contributed by atoms with Crippen LogP contribution in [0.5, 0.6) is 0 Å². The lowest BCUT2D eigenvalue weighted by Crippen LogP contribution is -2.41. The molecule has 0 heterocycles. The number of nitrogens with zero attached hydrogens (tertiary/aromatic N) is 1. The summed E-state index contributed by atoms with van der Waals surface area (Å²) in [6.45, 7) is 2.13. The first-order valence-electron chi connectivity index (χ1n) is 5.45. The lowest BCUT2D eigenvalue weighted by molar-refractivity contribution is -0.119. The minimum absolute atomic E-state index is 0.0140. The Hall–Kier alpha value is -0.740. The van der Waals surface area contributed by atoms with Gasteiger partial charge in [0.1, 0.15) is 5.75 Å². The van der Waals surface area contributed by atoms with E-state index in [-0.39, 0.29) is 25.6 Å². The van der Waals surface area contributed by atoms with Crippen molar-refractivity contribution >= 4 is 16.0 Å². The van der Waals surface area contributed by atoms with Gasteiger partial charge in [-0.15, -0.1) is 0 Å². The number of carbonyl (C=O) groups is 1. The molecule has 0 aliphatic heterocycles. The standard InChI is InChI=1S/C9H20N2O6S/c1-8(13)10-2-3-11(4-5-12)6-9(14)7-18(15,16)17/h9,12,14H,2-7H2,1H3,(H,10,13)(H,15,16,17). The van der Waals surface area contributed by atoms with Gasteiger partial charge in [0.2, 0.25) is 5.91 Å². The van der Waals surface area contributed by atoms with Crippen LogP contribution >= 0.6 is 0 Å². The first kappa shape index (κ1) is 17.3. The van der Waals surface area contributed by atoms with Crippen LogP contribution in [0.4, 0.5) is 0 Å². The summed E-state index contributed by atoms with van der Waals surface area (Å²) in [5, 5.41) is 20.8. The van der Waals surface area contributed by atoms with Crippen molar-refractivity contribution in [2.45, 2.75) is 13.0 Å². The Morgan fingerprint density at radius 1 is 1.39 bits per heavy atom. The Morgan fingerprint density at radius 2 is 2.00 bits per heavy atom. The highest BCUT2D eigenvalue weighted by Gasteiger charge is 2.17. The summed E-state index contributed by atoms with van der Waals surface area (Å²) >= 11 is 0. The lowest BCUT2D eigenvalue weighted by Gasteiger charge is -2.23. The molecular weight excluding hydrogens is 264 g/mol. The van der Waals surface area contributed by atoms with Crippen LogP contribution in [0.1, 0.15) is 6.92 Å². The van der Waals surface area contributed by atoms with Crippen LogP contribution in [0.25, 0.3) is 0 Å². The van der Waals surface area contributed by atoms with Crippen LogP contribution in [0.3, 0.4) is 0 Å². The van der Waals surface area contributed by atoms with Crippen molar-refractivity contribution in [3.05, 3.63) is 0 Å². The molecule has 0 saturated heterocycles. The highest BCUT2D eigenvalue weighted by molar-refractivity contribution is 7.85. The third kappa shape index (κ3) is 10.4. The number of nitrogens with one attached hydrogen (secondary N) is 1. The van der Waals surface area contributed by atoms with Crippen molar-refractivity contribution < 1.29 is 28.0 Å². The van der Waals surface area contributed by atoms with Gasteiger partial charge in [0.05, 0.1) is 12.7 Å². The third-order valence-electron chi connectivity index (χ3n) is 2.09. The predicted octanol–water partition coefficient (Wildman–Crippen LogP) is -2.33. The maximum absolute atomic E-state index is 10.7. The van der Waals surface area contributed by atoms with Gasteiger partial charge in [-0.2, -0.15) is 8.42 Å². The summed E-state index contributed by atoms with van der Waals surface area (Å²) in [4.78, 5) is 12.2. The van der Waals surface area contributed by atoms with E-state index in [2.05, 4.69) is 5.32 Å². The summed E-state index contributed by atoms with van der Waals surface area (Å²) in [6.07, 6.45) is -1.25. The van der Waals surface area contributed by atoms with E-state index >= 15 is 0 Å². The van der Waals surface area contributed by atoms with E-state index in [9.17, 15) is 18.3 Å². The third-order valence-corrected chi connectivity index (χ3v) is 2.90. The highest BCUT2D eigenvalue weighted by atomic mass is 32.2. The Morgan fingerprint density at radius 3 is 2.44 bits per heavy atom. The Kier molecular flexibility index (Phi) is 8.03. The van der Waals surface area contributed by atoms with Crippen LogP contribution < -0.4 is 5.32 Å². The summed E-state index contributed by atoms with van der Waals surface area (Å²) < 4.78 is 29.7. The van der Waals surface area contributed by atoms with Gasteiger partial charge in [-0.05, 0) is 0 Å². The summed E-state index contributed by atoms with van der Waals surface area (Å²) in [5.74, 6) is -0.952. The van der Waals surface area contributed by atoms with Gasteiger partial charge in [-0.3, -0.25) is 14.2 Å². The van der Waals surface area contributed by atoms with Crippen LogP contribution in [0.2, 0.25) is 0 Å². The molecule has 1 atom stereocenters. The second-order valence-corrected chi connectivity index (χ2v) is 5.41. The number of aliphatic hydroxyl groups is 2. The number of aliphatic hydroxyl groups excluding tert-OH is 2. The SMILES string of the molecule is CC(=O)NCCN(CCO)CC(O)CS(=O)(=O)O. The van der Waals surface area contributed by atoms with E-state index in [1.165, 1.54) is 6.92 Å². The largest absolute Gasteiger partial charge is 0.395 e. The van der Waals surface area contributed by atoms with E-state index in [0.717, 1.165) is 0 Å². The van der Waals surface area contributed by atoms with Crippen molar-refractivity contribution in [1.82, 2.24) is 10.2 Å². The van der Waals surface area contributed by atoms with Gasteiger partial charge in [0, 0.05) is 33.1 Å². The number of hydrogen-bond donors (Lipinski definition) is 4. The summed E-state index contributed by atoms with van der Waals surface area (Å²) in [6, 6.07) is 0. The Labute approximate surface area is 106 Å². The Balaban J connectivity index is 4.13.